The van der Waals surface area contributed by atoms with Crippen molar-refractivity contribution in [2.45, 2.75) is 19.8 Å². The Kier molecular flexibility index (Phi) is 4.96. The third-order valence-corrected chi connectivity index (χ3v) is 4.35. The molecule has 0 N–H and O–H groups in total. The van der Waals surface area contributed by atoms with E-state index in [1.54, 1.807) is 0 Å². The minimum absolute atomic E-state index is 0.576. The highest BCUT2D eigenvalue weighted by Crippen LogP contribution is 2.16. The lowest BCUT2D eigenvalue weighted by Crippen LogP contribution is -2.44. The summed E-state index contributed by atoms with van der Waals surface area (Å²) in [6, 6.07) is 19.3. The molecule has 0 aromatic heterocycles. The van der Waals surface area contributed by atoms with Crippen LogP contribution in [-0.4, -0.2) is 37.4 Å². The van der Waals surface area contributed by atoms with Crippen LogP contribution in [0, 0.1) is 0 Å². The van der Waals surface area contributed by atoms with E-state index in [1.807, 2.05) is 6.21 Å². The lowest BCUT2D eigenvalue weighted by atomic mass is 10.0. The molecule has 1 aliphatic heterocycles. The zero-order chi connectivity index (χ0) is 16.1. The molecule has 0 saturated carbocycles. The topological polar surface area (TPSA) is 18.8 Å². The molecule has 1 heterocycles. The van der Waals surface area contributed by atoms with Crippen LogP contribution >= 0.6 is 0 Å². The van der Waals surface area contributed by atoms with Crippen LogP contribution in [0.15, 0.2) is 59.7 Å². The molecule has 0 atom stereocenters. The van der Waals surface area contributed by atoms with Crippen molar-refractivity contribution in [2.75, 3.05) is 31.1 Å². The third-order valence-electron chi connectivity index (χ3n) is 4.35. The standard InChI is InChI=1S/C20H25N3/c1-17(2)19-10-8-18(9-11-19)16-21-23-14-12-22(13-15-23)20-6-4-3-5-7-20/h3-11,16-17H,12-15H2,1-2H3. The molecule has 1 saturated heterocycles. The first-order valence-electron chi connectivity index (χ1n) is 8.41. The number of piperazine rings is 1. The van der Waals surface area contributed by atoms with Crippen LogP contribution in [0.3, 0.4) is 0 Å². The van der Waals surface area contributed by atoms with Crippen molar-refractivity contribution in [3.05, 3.63) is 65.7 Å². The summed E-state index contributed by atoms with van der Waals surface area (Å²) in [5, 5.41) is 6.80. The number of rotatable bonds is 4. The number of hydrazone groups is 1. The Morgan fingerprint density at radius 1 is 0.870 bits per heavy atom. The number of hydrogen-bond acceptors (Lipinski definition) is 3. The van der Waals surface area contributed by atoms with Gasteiger partial charge in [0.15, 0.2) is 0 Å². The second kappa shape index (κ2) is 7.32. The lowest BCUT2D eigenvalue weighted by Gasteiger charge is -2.34. The van der Waals surface area contributed by atoms with Crippen LogP contribution in [0.25, 0.3) is 0 Å². The van der Waals surface area contributed by atoms with Gasteiger partial charge in [0.05, 0.1) is 19.3 Å². The predicted molar refractivity (Wildman–Crippen MR) is 98.4 cm³/mol. The van der Waals surface area contributed by atoms with Gasteiger partial charge in [0.25, 0.3) is 0 Å². The van der Waals surface area contributed by atoms with E-state index < -0.39 is 0 Å². The second-order valence-corrected chi connectivity index (χ2v) is 6.34. The first kappa shape index (κ1) is 15.6. The van der Waals surface area contributed by atoms with Crippen molar-refractivity contribution in [2.24, 2.45) is 5.10 Å². The van der Waals surface area contributed by atoms with E-state index in [1.165, 1.54) is 16.8 Å². The van der Waals surface area contributed by atoms with Gasteiger partial charge in [0.1, 0.15) is 0 Å². The van der Waals surface area contributed by atoms with Gasteiger partial charge in [-0.3, -0.25) is 5.01 Å². The zero-order valence-electron chi connectivity index (χ0n) is 14.0. The SMILES string of the molecule is CC(C)c1ccc(C=NN2CCN(c3ccccc3)CC2)cc1. The Labute approximate surface area is 139 Å². The molecule has 1 aliphatic rings. The van der Waals surface area contributed by atoms with Crippen molar-refractivity contribution in [1.82, 2.24) is 5.01 Å². The summed E-state index contributed by atoms with van der Waals surface area (Å²) in [5.74, 6) is 0.576. The summed E-state index contributed by atoms with van der Waals surface area (Å²) in [6.45, 7) is 8.41. The molecule has 2 aromatic carbocycles. The molecule has 0 spiro atoms. The van der Waals surface area contributed by atoms with E-state index in [0.29, 0.717) is 5.92 Å². The van der Waals surface area contributed by atoms with Crippen LogP contribution in [0.4, 0.5) is 5.69 Å². The summed E-state index contributed by atoms with van der Waals surface area (Å²) in [7, 11) is 0. The fraction of sp³-hybridized carbons (Fsp3) is 0.350. The second-order valence-electron chi connectivity index (χ2n) is 6.34. The van der Waals surface area contributed by atoms with E-state index in [4.69, 9.17) is 0 Å². The summed E-state index contributed by atoms with van der Waals surface area (Å²) < 4.78 is 0. The monoisotopic (exact) mass is 307 g/mol. The minimum atomic E-state index is 0.576. The number of anilines is 1. The Morgan fingerprint density at radius 2 is 1.52 bits per heavy atom. The van der Waals surface area contributed by atoms with Crippen molar-refractivity contribution in [1.29, 1.82) is 0 Å². The fourth-order valence-corrected chi connectivity index (χ4v) is 2.82. The normalized spacial score (nSPS) is 15.6. The minimum Gasteiger partial charge on any atom is -0.368 e. The Morgan fingerprint density at radius 3 is 2.13 bits per heavy atom. The molecule has 0 aliphatic carbocycles. The predicted octanol–water partition coefficient (Wildman–Crippen LogP) is 3.97. The average molecular weight is 307 g/mol. The van der Waals surface area contributed by atoms with Crippen molar-refractivity contribution < 1.29 is 0 Å². The maximum absolute atomic E-state index is 4.64. The Bertz CT molecular complexity index is 624. The fourth-order valence-electron chi connectivity index (χ4n) is 2.82. The zero-order valence-corrected chi connectivity index (χ0v) is 14.0. The smallest absolute Gasteiger partial charge is 0.0542 e. The van der Waals surface area contributed by atoms with Crippen molar-refractivity contribution in [3.63, 3.8) is 0 Å². The third kappa shape index (κ3) is 4.13. The highest BCUT2D eigenvalue weighted by atomic mass is 15.5. The van der Waals surface area contributed by atoms with Gasteiger partial charge in [-0.15, -0.1) is 0 Å². The van der Waals surface area contributed by atoms with Gasteiger partial charge in [-0.25, -0.2) is 0 Å². The molecular formula is C20H25N3. The molecule has 3 heteroatoms. The molecule has 3 nitrogen and oxygen atoms in total. The lowest BCUT2D eigenvalue weighted by molar-refractivity contribution is 0.272. The molecule has 0 bridgehead atoms. The molecular weight excluding hydrogens is 282 g/mol. The van der Waals surface area contributed by atoms with Crippen LogP contribution in [0.1, 0.15) is 30.9 Å². The Hall–Kier alpha value is -2.29. The van der Waals surface area contributed by atoms with Gasteiger partial charge < -0.3 is 4.90 Å². The van der Waals surface area contributed by atoms with Gasteiger partial charge in [0.2, 0.25) is 0 Å². The summed E-state index contributed by atoms with van der Waals surface area (Å²) in [6.07, 6.45) is 1.97. The van der Waals surface area contributed by atoms with E-state index in [2.05, 4.69) is 83.5 Å². The largest absolute Gasteiger partial charge is 0.368 e. The molecule has 0 amide bonds. The molecule has 0 unspecified atom stereocenters. The van der Waals surface area contributed by atoms with E-state index in [0.717, 1.165) is 26.2 Å². The number of hydrogen-bond donors (Lipinski definition) is 0. The van der Waals surface area contributed by atoms with Crippen molar-refractivity contribution >= 4 is 11.9 Å². The summed E-state index contributed by atoms with van der Waals surface area (Å²) in [5.41, 5.74) is 3.85. The summed E-state index contributed by atoms with van der Waals surface area (Å²) in [4.78, 5) is 2.42. The van der Waals surface area contributed by atoms with Crippen LogP contribution < -0.4 is 4.90 Å². The number of para-hydroxylation sites is 1. The Balaban J connectivity index is 1.54. The number of benzene rings is 2. The van der Waals surface area contributed by atoms with E-state index in [-0.39, 0.29) is 0 Å². The highest BCUT2D eigenvalue weighted by Gasteiger charge is 2.15. The van der Waals surface area contributed by atoms with Gasteiger partial charge >= 0.3 is 0 Å². The molecule has 23 heavy (non-hydrogen) atoms. The molecule has 0 radical (unpaired) electrons. The van der Waals surface area contributed by atoms with Gasteiger partial charge in [-0.1, -0.05) is 56.3 Å². The van der Waals surface area contributed by atoms with Crippen LogP contribution in [0.5, 0.6) is 0 Å². The van der Waals surface area contributed by atoms with E-state index in [9.17, 15) is 0 Å². The van der Waals surface area contributed by atoms with Gasteiger partial charge in [0, 0.05) is 18.8 Å². The molecule has 1 fully saturated rings. The summed E-state index contributed by atoms with van der Waals surface area (Å²) >= 11 is 0. The quantitative estimate of drug-likeness (QED) is 0.796. The first-order valence-corrected chi connectivity index (χ1v) is 8.41. The van der Waals surface area contributed by atoms with E-state index >= 15 is 0 Å². The van der Waals surface area contributed by atoms with Crippen LogP contribution in [0.2, 0.25) is 0 Å². The van der Waals surface area contributed by atoms with Crippen LogP contribution in [-0.2, 0) is 0 Å². The first-order chi connectivity index (χ1) is 11.2. The number of nitrogens with zero attached hydrogens (tertiary/aromatic N) is 3. The highest BCUT2D eigenvalue weighted by molar-refractivity contribution is 5.79. The average Bonchev–Trinajstić information content (AvgIpc) is 2.61. The van der Waals surface area contributed by atoms with Gasteiger partial charge in [-0.2, -0.15) is 5.10 Å². The molecule has 3 rings (SSSR count). The van der Waals surface area contributed by atoms with Crippen molar-refractivity contribution in [3.8, 4) is 0 Å². The molecule has 120 valence electrons. The van der Waals surface area contributed by atoms with Gasteiger partial charge in [-0.05, 0) is 29.2 Å². The maximum atomic E-state index is 4.64. The molecule has 2 aromatic rings. The maximum Gasteiger partial charge on any atom is 0.0542 e.